The molecule has 1 aromatic rings. The lowest BCUT2D eigenvalue weighted by molar-refractivity contribution is -0.130. The SMILES string of the molecule is Cc1ccc(N2C(=O)CC(C)CC2=O)c(C#CCN)c1. The van der Waals surface area contributed by atoms with Gasteiger partial charge in [-0.05, 0) is 30.5 Å². The summed E-state index contributed by atoms with van der Waals surface area (Å²) in [5.74, 6) is 5.51. The Morgan fingerprint density at radius 2 is 1.95 bits per heavy atom. The number of hydrogen-bond acceptors (Lipinski definition) is 3. The van der Waals surface area contributed by atoms with Crippen LogP contribution in [0.4, 0.5) is 5.69 Å². The first-order valence-electron chi connectivity index (χ1n) is 6.68. The number of rotatable bonds is 1. The zero-order valence-corrected chi connectivity index (χ0v) is 11.8. The van der Waals surface area contributed by atoms with E-state index in [4.69, 9.17) is 5.73 Å². The molecule has 1 aliphatic heterocycles. The number of amides is 2. The van der Waals surface area contributed by atoms with E-state index >= 15 is 0 Å². The Bertz CT molecular complexity index is 593. The molecule has 1 aliphatic rings. The van der Waals surface area contributed by atoms with E-state index < -0.39 is 0 Å². The van der Waals surface area contributed by atoms with E-state index in [1.165, 1.54) is 4.90 Å². The van der Waals surface area contributed by atoms with E-state index in [1.54, 1.807) is 6.07 Å². The van der Waals surface area contributed by atoms with Crippen LogP contribution in [0, 0.1) is 24.7 Å². The number of carbonyl (C=O) groups is 2. The molecule has 0 aliphatic carbocycles. The van der Waals surface area contributed by atoms with Crippen LogP contribution < -0.4 is 10.6 Å². The van der Waals surface area contributed by atoms with Crippen LogP contribution in [-0.2, 0) is 9.59 Å². The average Bonchev–Trinajstić information content (AvgIpc) is 2.37. The molecule has 4 heteroatoms. The second-order valence-electron chi connectivity index (χ2n) is 5.16. The number of nitrogens with zero attached hydrogens (tertiary/aromatic N) is 1. The smallest absolute Gasteiger partial charge is 0.234 e. The number of benzene rings is 1. The van der Waals surface area contributed by atoms with Gasteiger partial charge in [0.2, 0.25) is 11.8 Å². The number of aryl methyl sites for hydroxylation is 1. The zero-order chi connectivity index (χ0) is 14.7. The number of carbonyl (C=O) groups excluding carboxylic acids is 2. The van der Waals surface area contributed by atoms with Gasteiger partial charge >= 0.3 is 0 Å². The lowest BCUT2D eigenvalue weighted by atomic mass is 9.96. The molecule has 1 aromatic carbocycles. The molecule has 2 rings (SSSR count). The summed E-state index contributed by atoms with van der Waals surface area (Å²) in [7, 11) is 0. The molecule has 4 nitrogen and oxygen atoms in total. The predicted octanol–water partition coefficient (Wildman–Crippen LogP) is 1.59. The third-order valence-electron chi connectivity index (χ3n) is 3.26. The monoisotopic (exact) mass is 270 g/mol. The lowest BCUT2D eigenvalue weighted by Crippen LogP contribution is -2.43. The van der Waals surface area contributed by atoms with Crippen molar-refractivity contribution >= 4 is 17.5 Å². The van der Waals surface area contributed by atoms with Gasteiger partial charge in [-0.1, -0.05) is 24.8 Å². The van der Waals surface area contributed by atoms with Gasteiger partial charge in [-0.3, -0.25) is 9.59 Å². The third-order valence-corrected chi connectivity index (χ3v) is 3.26. The molecule has 0 spiro atoms. The standard InChI is InChI=1S/C16H18N2O2/c1-11-5-6-14(13(8-11)4-3-7-17)18-15(19)9-12(2)10-16(18)20/h5-6,8,12H,7,9-10,17H2,1-2H3. The summed E-state index contributed by atoms with van der Waals surface area (Å²) in [6.45, 7) is 4.10. The van der Waals surface area contributed by atoms with Gasteiger partial charge in [0.15, 0.2) is 0 Å². The van der Waals surface area contributed by atoms with Gasteiger partial charge < -0.3 is 5.73 Å². The number of hydrogen-bond donors (Lipinski definition) is 1. The van der Waals surface area contributed by atoms with Crippen molar-refractivity contribution in [3.05, 3.63) is 29.3 Å². The molecule has 20 heavy (non-hydrogen) atoms. The van der Waals surface area contributed by atoms with Crippen LogP contribution in [0.2, 0.25) is 0 Å². The summed E-state index contributed by atoms with van der Waals surface area (Å²) >= 11 is 0. The molecule has 1 saturated heterocycles. The van der Waals surface area contributed by atoms with Crippen molar-refractivity contribution in [1.29, 1.82) is 0 Å². The van der Waals surface area contributed by atoms with Crippen molar-refractivity contribution < 1.29 is 9.59 Å². The highest BCUT2D eigenvalue weighted by Gasteiger charge is 2.32. The Morgan fingerprint density at radius 1 is 1.30 bits per heavy atom. The van der Waals surface area contributed by atoms with E-state index in [2.05, 4.69) is 11.8 Å². The first-order chi connectivity index (χ1) is 9.52. The predicted molar refractivity (Wildman–Crippen MR) is 78.0 cm³/mol. The Morgan fingerprint density at radius 3 is 2.55 bits per heavy atom. The van der Waals surface area contributed by atoms with Gasteiger partial charge in [-0.2, -0.15) is 0 Å². The highest BCUT2D eigenvalue weighted by molar-refractivity contribution is 6.17. The van der Waals surface area contributed by atoms with Gasteiger partial charge in [-0.15, -0.1) is 0 Å². The molecule has 1 heterocycles. The van der Waals surface area contributed by atoms with Gasteiger partial charge in [0.1, 0.15) is 0 Å². The summed E-state index contributed by atoms with van der Waals surface area (Å²) in [6.07, 6.45) is 0.784. The maximum atomic E-state index is 12.2. The normalized spacial score (nSPS) is 16.1. The van der Waals surface area contributed by atoms with Gasteiger partial charge in [0.05, 0.1) is 12.2 Å². The molecule has 0 atom stereocenters. The summed E-state index contributed by atoms with van der Waals surface area (Å²) in [5, 5.41) is 0. The van der Waals surface area contributed by atoms with Gasteiger partial charge in [0, 0.05) is 18.4 Å². The Labute approximate surface area is 118 Å². The topological polar surface area (TPSA) is 63.4 Å². The van der Waals surface area contributed by atoms with Gasteiger partial charge in [-0.25, -0.2) is 4.90 Å². The fourth-order valence-corrected chi connectivity index (χ4v) is 2.35. The summed E-state index contributed by atoms with van der Waals surface area (Å²) < 4.78 is 0. The minimum Gasteiger partial charge on any atom is -0.320 e. The molecular weight excluding hydrogens is 252 g/mol. The number of imide groups is 1. The Kier molecular flexibility index (Phi) is 4.21. The Hall–Kier alpha value is -2.12. The minimum atomic E-state index is -0.159. The first kappa shape index (κ1) is 14.3. The van der Waals surface area contributed by atoms with Crippen LogP contribution in [0.5, 0.6) is 0 Å². The molecule has 1 fully saturated rings. The Balaban J connectivity index is 2.46. The molecule has 0 bridgehead atoms. The van der Waals surface area contributed by atoms with Crippen molar-refractivity contribution in [3.8, 4) is 11.8 Å². The fourth-order valence-electron chi connectivity index (χ4n) is 2.35. The molecule has 0 radical (unpaired) electrons. The highest BCUT2D eigenvalue weighted by Crippen LogP contribution is 2.28. The van der Waals surface area contributed by atoms with E-state index in [0.29, 0.717) is 24.1 Å². The quantitative estimate of drug-likeness (QED) is 0.622. The van der Waals surface area contributed by atoms with Crippen LogP contribution in [0.3, 0.4) is 0 Å². The fraction of sp³-hybridized carbons (Fsp3) is 0.375. The van der Waals surface area contributed by atoms with Crippen molar-refractivity contribution in [1.82, 2.24) is 0 Å². The molecule has 0 aromatic heterocycles. The third kappa shape index (κ3) is 2.89. The highest BCUT2D eigenvalue weighted by atomic mass is 16.2. The van der Waals surface area contributed by atoms with Gasteiger partial charge in [0.25, 0.3) is 0 Å². The van der Waals surface area contributed by atoms with Crippen LogP contribution >= 0.6 is 0 Å². The molecule has 104 valence electrons. The van der Waals surface area contributed by atoms with Crippen LogP contribution in [0.1, 0.15) is 30.9 Å². The summed E-state index contributed by atoms with van der Waals surface area (Å²) in [5.41, 5.74) is 7.66. The molecule has 0 saturated carbocycles. The van der Waals surface area contributed by atoms with E-state index in [9.17, 15) is 9.59 Å². The maximum Gasteiger partial charge on any atom is 0.234 e. The van der Waals surface area contributed by atoms with Crippen LogP contribution in [0.15, 0.2) is 18.2 Å². The van der Waals surface area contributed by atoms with Crippen LogP contribution in [0.25, 0.3) is 0 Å². The lowest BCUT2D eigenvalue weighted by Gasteiger charge is -2.29. The number of piperidine rings is 1. The molecule has 0 unspecified atom stereocenters. The van der Waals surface area contributed by atoms with Crippen LogP contribution in [-0.4, -0.2) is 18.4 Å². The van der Waals surface area contributed by atoms with Crippen molar-refractivity contribution in [2.75, 3.05) is 11.4 Å². The largest absolute Gasteiger partial charge is 0.320 e. The second kappa shape index (κ2) is 5.89. The second-order valence-corrected chi connectivity index (χ2v) is 5.16. The average molecular weight is 270 g/mol. The van der Waals surface area contributed by atoms with E-state index in [1.807, 2.05) is 26.0 Å². The maximum absolute atomic E-state index is 12.2. The van der Waals surface area contributed by atoms with E-state index in [0.717, 1.165) is 5.56 Å². The zero-order valence-electron chi connectivity index (χ0n) is 11.8. The molecule has 2 amide bonds. The first-order valence-corrected chi connectivity index (χ1v) is 6.68. The number of nitrogens with two attached hydrogens (primary N) is 1. The van der Waals surface area contributed by atoms with Crippen molar-refractivity contribution in [2.45, 2.75) is 26.7 Å². The van der Waals surface area contributed by atoms with Crippen molar-refractivity contribution in [3.63, 3.8) is 0 Å². The van der Waals surface area contributed by atoms with Crippen molar-refractivity contribution in [2.24, 2.45) is 11.7 Å². The summed E-state index contributed by atoms with van der Waals surface area (Å²) in [6, 6.07) is 5.53. The number of anilines is 1. The molecule has 2 N–H and O–H groups in total. The molecular formula is C16H18N2O2. The van der Waals surface area contributed by atoms with E-state index in [-0.39, 0.29) is 24.3 Å². The minimum absolute atomic E-state index is 0.107. The summed E-state index contributed by atoms with van der Waals surface area (Å²) in [4.78, 5) is 25.6.